The van der Waals surface area contributed by atoms with Gasteiger partial charge in [0.15, 0.2) is 0 Å². The van der Waals surface area contributed by atoms with Gasteiger partial charge in [-0.15, -0.1) is 0 Å². The molecule has 0 saturated carbocycles. The van der Waals surface area contributed by atoms with Crippen molar-refractivity contribution in [1.29, 1.82) is 0 Å². The number of hydrogen-bond acceptors (Lipinski definition) is 16. The maximum absolute atomic E-state index is 12.4. The van der Waals surface area contributed by atoms with Gasteiger partial charge in [0.1, 0.15) is 48.3 Å². The molecule has 0 unspecified atom stereocenters. The molecule has 668 valence electrons. The fourth-order valence-electron chi connectivity index (χ4n) is 12.2. The summed E-state index contributed by atoms with van der Waals surface area (Å²) in [6.45, 7) is 36.8. The van der Waals surface area contributed by atoms with Crippen molar-refractivity contribution in [3.8, 4) is 0 Å². The van der Waals surface area contributed by atoms with Crippen LogP contribution in [0.1, 0.15) is 265 Å². The first-order valence-electron chi connectivity index (χ1n) is 42.5. The Morgan fingerprint density at radius 2 is 0.504 bits per heavy atom. The zero-order valence-corrected chi connectivity index (χ0v) is 80.3. The quantitative estimate of drug-likeness (QED) is 0.0114. The number of allylic oxidation sites excluding steroid dienone is 4. The number of esters is 6. The fraction of sp³-hybridized carbons (Fsp3) is 0.423. The Bertz CT molecular complexity index is 4100. The molecular weight excluding hydrogens is 1700 g/mol. The standard InChI is InChI=1S/C27H32O2P.2C26H38O4.C9H17BrO2.2C8H6O2.BrH/c1-4-29-26(28)27(2,3)21-14-22-30(23-15-8-5-9-16-23,24-17-10-6-11-18-24)25-19-12-7-13-20-25;1-7-29-23(27)25(3,4)18-11-9-14-21-16-13-17-22(20-21)15-10-12-19-26(5,6)24(28)30-8-2;1-7-29-23(27)25(3,4)19-11-9-13-21-15-17-22(18-16-21)14-10-12-20-26(5,6)24(28)30-8-2;1-4-12-8(11)9(2,3)6-5-7-10;9-5-7-1-2-8(6-10)4-3-7;9-5-7-2-1-3-8(4-7)6-10;/h5-13,15-20H,4,14,21-22H2,1-3H3;9-10,13-17,20H,7-8,11-12,18-19H2,1-6H3;9-10,13-18H,7-8,11-12,19-20H2,1-6H3;4-7H2,1-3H3;2*1-6H;1H/q+1;;;;;;/p-1/b;14-9-,15-10+;13-9-,14-10-;;;;. The minimum atomic E-state index is -1.84. The second kappa shape index (κ2) is 60.0. The fourth-order valence-corrected chi connectivity index (χ4v) is 16.8. The van der Waals surface area contributed by atoms with Crippen LogP contribution in [0.5, 0.6) is 0 Å². The van der Waals surface area contributed by atoms with Gasteiger partial charge in [0, 0.05) is 27.6 Å². The summed E-state index contributed by atoms with van der Waals surface area (Å²) in [6, 6.07) is 62.2. The van der Waals surface area contributed by atoms with Crippen molar-refractivity contribution >= 4 is 124 Å². The van der Waals surface area contributed by atoms with E-state index in [9.17, 15) is 47.9 Å². The molecule has 0 amide bonds. The second-order valence-corrected chi connectivity index (χ2v) is 37.4. The molecule has 7 aromatic rings. The second-order valence-electron chi connectivity index (χ2n) is 33.0. The van der Waals surface area contributed by atoms with Crippen molar-refractivity contribution in [2.75, 3.05) is 51.1 Å². The zero-order chi connectivity index (χ0) is 91.1. The van der Waals surface area contributed by atoms with Crippen molar-refractivity contribution in [1.82, 2.24) is 0 Å². The van der Waals surface area contributed by atoms with E-state index in [0.29, 0.717) is 74.5 Å². The minimum Gasteiger partial charge on any atom is -1.00 e. The van der Waals surface area contributed by atoms with Gasteiger partial charge in [-0.05, 0) is 272 Å². The average Bonchev–Trinajstić information content (AvgIpc) is 0.756. The Labute approximate surface area is 754 Å². The lowest BCUT2D eigenvalue weighted by Crippen LogP contribution is -3.00. The molecular formula is C104H137Br2O16P. The van der Waals surface area contributed by atoms with E-state index in [1.165, 1.54) is 15.9 Å². The van der Waals surface area contributed by atoms with E-state index < -0.39 is 34.3 Å². The number of ether oxygens (including phenoxy) is 6. The van der Waals surface area contributed by atoms with Crippen LogP contribution in [0, 0.1) is 32.5 Å². The molecule has 0 heterocycles. The molecule has 0 aliphatic rings. The Morgan fingerprint density at radius 1 is 0.285 bits per heavy atom. The van der Waals surface area contributed by atoms with E-state index >= 15 is 0 Å². The Kier molecular flexibility index (Phi) is 54.4. The van der Waals surface area contributed by atoms with Crippen LogP contribution in [0.15, 0.2) is 212 Å². The molecule has 0 fully saturated rings. The minimum absolute atomic E-state index is 0. The smallest absolute Gasteiger partial charge is 0.311 e. The van der Waals surface area contributed by atoms with Crippen molar-refractivity contribution < 1.29 is 93.3 Å². The average molecular weight is 1830 g/mol. The van der Waals surface area contributed by atoms with E-state index in [1.54, 1.807) is 48.5 Å². The van der Waals surface area contributed by atoms with Crippen LogP contribution in [-0.4, -0.2) is 112 Å². The summed E-state index contributed by atoms with van der Waals surface area (Å²) in [5, 5.41) is 5.10. The van der Waals surface area contributed by atoms with Crippen LogP contribution in [0.4, 0.5) is 0 Å². The van der Waals surface area contributed by atoms with Gasteiger partial charge in [0.05, 0.1) is 78.3 Å². The molecule has 16 nitrogen and oxygen atoms in total. The van der Waals surface area contributed by atoms with E-state index in [4.69, 9.17) is 28.4 Å². The molecule has 7 aromatic carbocycles. The summed E-state index contributed by atoms with van der Waals surface area (Å²) in [6.07, 6.45) is 30.6. The third-order valence-corrected chi connectivity index (χ3v) is 25.1. The predicted molar refractivity (Wildman–Crippen MR) is 505 cm³/mol. The van der Waals surface area contributed by atoms with Crippen molar-refractivity contribution in [3.05, 3.63) is 257 Å². The predicted octanol–water partition coefficient (Wildman–Crippen LogP) is 20.6. The van der Waals surface area contributed by atoms with Gasteiger partial charge in [-0.2, -0.15) is 0 Å². The molecule has 123 heavy (non-hydrogen) atoms. The van der Waals surface area contributed by atoms with Crippen LogP contribution in [-0.2, 0) is 57.2 Å². The maximum Gasteiger partial charge on any atom is 0.311 e. The van der Waals surface area contributed by atoms with Crippen molar-refractivity contribution in [2.24, 2.45) is 32.5 Å². The Balaban J connectivity index is 0.000000778. The molecule has 0 N–H and O–H groups in total. The van der Waals surface area contributed by atoms with Gasteiger partial charge in [0.25, 0.3) is 0 Å². The van der Waals surface area contributed by atoms with E-state index in [-0.39, 0.29) is 58.2 Å². The normalized spacial score (nSPS) is 11.5. The number of hydrogen-bond donors (Lipinski definition) is 0. The summed E-state index contributed by atoms with van der Waals surface area (Å²) >= 11 is 3.34. The van der Waals surface area contributed by atoms with E-state index in [2.05, 4.69) is 198 Å². The Hall–Kier alpha value is -9.61. The van der Waals surface area contributed by atoms with Crippen LogP contribution < -0.4 is 32.9 Å². The van der Waals surface area contributed by atoms with Crippen molar-refractivity contribution in [2.45, 2.75) is 202 Å². The number of carbonyl (C=O) groups is 10. The first-order valence-corrected chi connectivity index (χ1v) is 45.6. The number of aldehydes is 4. The molecule has 0 spiro atoms. The highest BCUT2D eigenvalue weighted by atomic mass is 79.9. The summed E-state index contributed by atoms with van der Waals surface area (Å²) in [4.78, 5) is 112. The third-order valence-electron chi connectivity index (χ3n) is 20.0. The Morgan fingerprint density at radius 3 is 0.748 bits per heavy atom. The van der Waals surface area contributed by atoms with Gasteiger partial charge < -0.3 is 45.4 Å². The molecule has 0 aliphatic carbocycles. The highest BCUT2D eigenvalue weighted by Gasteiger charge is 2.45. The summed E-state index contributed by atoms with van der Waals surface area (Å²) in [5.74, 6) is -0.757. The largest absolute Gasteiger partial charge is 1.00 e. The van der Waals surface area contributed by atoms with Crippen molar-refractivity contribution in [3.63, 3.8) is 0 Å². The highest BCUT2D eigenvalue weighted by molar-refractivity contribution is 9.09. The monoisotopic (exact) mass is 1830 g/mol. The highest BCUT2D eigenvalue weighted by Crippen LogP contribution is 2.56. The number of halogens is 2. The van der Waals surface area contributed by atoms with Crippen LogP contribution in [0.25, 0.3) is 24.3 Å². The lowest BCUT2D eigenvalue weighted by atomic mass is 9.87. The third kappa shape index (κ3) is 42.6. The topological polar surface area (TPSA) is 226 Å². The molecule has 0 radical (unpaired) electrons. The number of carbonyl (C=O) groups excluding carboxylic acids is 10. The molecule has 0 bridgehead atoms. The zero-order valence-electron chi connectivity index (χ0n) is 76.2. The van der Waals surface area contributed by atoms with E-state index in [1.807, 2.05) is 131 Å². The number of alkyl halides is 1. The first kappa shape index (κ1) is 111. The molecule has 19 heteroatoms. The number of rotatable bonds is 42. The van der Waals surface area contributed by atoms with E-state index in [0.717, 1.165) is 123 Å². The van der Waals surface area contributed by atoms with Gasteiger partial charge in [-0.3, -0.25) is 47.9 Å². The van der Waals surface area contributed by atoms with Crippen LogP contribution in [0.2, 0.25) is 0 Å². The number of benzene rings is 7. The molecule has 0 aliphatic heterocycles. The summed E-state index contributed by atoms with van der Waals surface area (Å²) < 4.78 is 30.8. The lowest BCUT2D eigenvalue weighted by Gasteiger charge is -2.29. The first-order chi connectivity index (χ1) is 58.0. The SMILES string of the molecule is CCOC(=O)C(C)(C)CC/C=C\c1ccc(/C=C\CCC(C)(C)C(=O)OCC)cc1.CCOC(=O)C(C)(C)CC/C=C\c1cccc(/C=C/CCC(C)(C)C(=O)OCC)c1.CCOC(=O)C(C)(C)CCCBr.CCOC(=O)C(C)(C)CCC[P+](c1ccccc1)(c1ccccc1)c1ccccc1.O=Cc1ccc(C=O)cc1.O=Cc1cccc(C=O)c1.[Br-]. The van der Waals surface area contributed by atoms with Gasteiger partial charge in [-0.1, -0.05) is 204 Å². The van der Waals surface area contributed by atoms with Gasteiger partial charge in [-0.25, -0.2) is 0 Å². The summed E-state index contributed by atoms with van der Waals surface area (Å²) in [5.41, 5.74) is 4.08. The van der Waals surface area contributed by atoms with Crippen LogP contribution in [0.3, 0.4) is 0 Å². The lowest BCUT2D eigenvalue weighted by molar-refractivity contribution is -0.154. The maximum atomic E-state index is 12.4. The summed E-state index contributed by atoms with van der Waals surface area (Å²) in [7, 11) is -1.84. The molecule has 7 rings (SSSR count). The van der Waals surface area contributed by atoms with Gasteiger partial charge >= 0.3 is 35.8 Å². The van der Waals surface area contributed by atoms with Gasteiger partial charge in [0.2, 0.25) is 0 Å². The molecule has 0 saturated heterocycles. The molecule has 0 atom stereocenters. The van der Waals surface area contributed by atoms with Crippen LogP contribution >= 0.6 is 23.2 Å². The molecule has 0 aromatic heterocycles.